The molecule has 0 spiro atoms. The highest BCUT2D eigenvalue weighted by molar-refractivity contribution is 5.90. The molecule has 0 aromatic carbocycles. The van der Waals surface area contributed by atoms with Gasteiger partial charge >= 0.3 is 6.18 Å². The fourth-order valence-corrected chi connectivity index (χ4v) is 2.17. The van der Waals surface area contributed by atoms with E-state index in [2.05, 4.69) is 10.5 Å². The Kier molecular flexibility index (Phi) is 5.02. The van der Waals surface area contributed by atoms with Gasteiger partial charge in [0.15, 0.2) is 5.84 Å². The fraction of sp³-hybridized carbons (Fsp3) is 0.818. The predicted octanol–water partition coefficient (Wildman–Crippen LogP) is 1.61. The average molecular weight is 281 g/mol. The number of nitrogens with zero attached hydrogens (tertiary/aromatic N) is 1. The zero-order chi connectivity index (χ0) is 14.6. The quantitative estimate of drug-likeness (QED) is 0.318. The second-order valence-corrected chi connectivity index (χ2v) is 4.85. The van der Waals surface area contributed by atoms with E-state index >= 15 is 0 Å². The highest BCUT2D eigenvalue weighted by Gasteiger charge is 2.42. The van der Waals surface area contributed by atoms with E-state index in [0.29, 0.717) is 0 Å². The predicted molar refractivity (Wildman–Crippen MR) is 62.5 cm³/mol. The minimum absolute atomic E-state index is 0.0282. The number of nitrogens with one attached hydrogen (secondary N) is 1. The number of nitrogens with two attached hydrogens (primary N) is 1. The van der Waals surface area contributed by atoms with Crippen molar-refractivity contribution in [2.75, 3.05) is 0 Å². The number of oxime groups is 1. The van der Waals surface area contributed by atoms with Crippen molar-refractivity contribution in [1.29, 1.82) is 0 Å². The SMILES string of the molecule is CC(NC(=O)C1CCC(C(F)(F)F)CC1)C(N)=NO. The Hall–Kier alpha value is -1.47. The molecule has 1 rings (SSSR count). The van der Waals surface area contributed by atoms with Gasteiger partial charge in [-0.1, -0.05) is 5.16 Å². The zero-order valence-electron chi connectivity index (χ0n) is 10.6. The van der Waals surface area contributed by atoms with E-state index in [4.69, 9.17) is 10.9 Å². The van der Waals surface area contributed by atoms with Crippen LogP contribution in [0.15, 0.2) is 5.16 Å². The summed E-state index contributed by atoms with van der Waals surface area (Å²) in [6.07, 6.45) is -3.82. The van der Waals surface area contributed by atoms with Gasteiger partial charge in [-0.3, -0.25) is 4.79 Å². The highest BCUT2D eigenvalue weighted by atomic mass is 19.4. The van der Waals surface area contributed by atoms with Crippen LogP contribution < -0.4 is 11.1 Å². The van der Waals surface area contributed by atoms with Crippen LogP contribution in [0.25, 0.3) is 0 Å². The van der Waals surface area contributed by atoms with Gasteiger partial charge in [0.05, 0.1) is 12.0 Å². The van der Waals surface area contributed by atoms with Crippen molar-refractivity contribution in [2.45, 2.75) is 44.8 Å². The maximum Gasteiger partial charge on any atom is 0.391 e. The Labute approximate surface area is 109 Å². The summed E-state index contributed by atoms with van der Waals surface area (Å²) in [5, 5.41) is 13.7. The molecule has 0 aromatic rings. The molecule has 0 saturated heterocycles. The van der Waals surface area contributed by atoms with Crippen LogP contribution in [-0.2, 0) is 4.79 Å². The number of alkyl halides is 3. The Balaban J connectivity index is 2.45. The second kappa shape index (κ2) is 6.12. The molecule has 1 amide bonds. The topological polar surface area (TPSA) is 87.7 Å². The summed E-state index contributed by atoms with van der Waals surface area (Å²) < 4.78 is 37.4. The molecule has 1 fully saturated rings. The third-order valence-corrected chi connectivity index (χ3v) is 3.48. The monoisotopic (exact) mass is 281 g/mol. The molecule has 19 heavy (non-hydrogen) atoms. The number of carbonyl (C=O) groups excluding carboxylic acids is 1. The lowest BCUT2D eigenvalue weighted by atomic mass is 9.81. The Morgan fingerprint density at radius 3 is 2.32 bits per heavy atom. The lowest BCUT2D eigenvalue weighted by Gasteiger charge is -2.29. The number of rotatable bonds is 3. The molecular formula is C11H18F3N3O2. The average Bonchev–Trinajstić information content (AvgIpc) is 2.36. The van der Waals surface area contributed by atoms with E-state index in [-0.39, 0.29) is 37.4 Å². The molecule has 1 aliphatic rings. The van der Waals surface area contributed by atoms with Crippen LogP contribution in [0.5, 0.6) is 0 Å². The molecule has 1 saturated carbocycles. The Morgan fingerprint density at radius 1 is 1.37 bits per heavy atom. The van der Waals surface area contributed by atoms with Gasteiger partial charge in [-0.25, -0.2) is 0 Å². The minimum atomic E-state index is -4.18. The molecule has 1 unspecified atom stereocenters. The summed E-state index contributed by atoms with van der Waals surface area (Å²) in [6, 6.07) is -0.641. The van der Waals surface area contributed by atoms with Crippen LogP contribution in [-0.4, -0.2) is 29.2 Å². The number of amides is 1. The van der Waals surface area contributed by atoms with Gasteiger partial charge in [0, 0.05) is 5.92 Å². The lowest BCUT2D eigenvalue weighted by molar-refractivity contribution is -0.184. The number of amidine groups is 1. The van der Waals surface area contributed by atoms with Crippen molar-refractivity contribution >= 4 is 11.7 Å². The lowest BCUT2D eigenvalue weighted by Crippen LogP contribution is -2.45. The maximum atomic E-state index is 12.5. The molecular weight excluding hydrogens is 263 g/mol. The van der Waals surface area contributed by atoms with Crippen LogP contribution >= 0.6 is 0 Å². The molecule has 0 heterocycles. The van der Waals surface area contributed by atoms with E-state index < -0.39 is 24.1 Å². The third kappa shape index (κ3) is 4.29. The first-order valence-corrected chi connectivity index (χ1v) is 6.10. The van der Waals surface area contributed by atoms with Crippen LogP contribution in [0.4, 0.5) is 13.2 Å². The molecule has 0 bridgehead atoms. The van der Waals surface area contributed by atoms with Gasteiger partial charge in [0.2, 0.25) is 5.91 Å². The zero-order valence-corrected chi connectivity index (χ0v) is 10.6. The largest absolute Gasteiger partial charge is 0.409 e. The number of carbonyl (C=O) groups is 1. The van der Waals surface area contributed by atoms with Crippen molar-refractivity contribution in [3.63, 3.8) is 0 Å². The van der Waals surface area contributed by atoms with Gasteiger partial charge in [0.1, 0.15) is 0 Å². The fourth-order valence-electron chi connectivity index (χ4n) is 2.17. The van der Waals surface area contributed by atoms with Crippen LogP contribution in [0.1, 0.15) is 32.6 Å². The Bertz CT molecular complexity index is 350. The third-order valence-electron chi connectivity index (χ3n) is 3.48. The molecule has 4 N–H and O–H groups in total. The summed E-state index contributed by atoms with van der Waals surface area (Å²) in [5.74, 6) is -2.23. The van der Waals surface area contributed by atoms with E-state index in [1.807, 2.05) is 0 Å². The summed E-state index contributed by atoms with van der Waals surface area (Å²) in [7, 11) is 0. The molecule has 0 aliphatic heterocycles. The molecule has 5 nitrogen and oxygen atoms in total. The molecule has 0 radical (unpaired) electrons. The highest BCUT2D eigenvalue weighted by Crippen LogP contribution is 2.39. The van der Waals surface area contributed by atoms with E-state index in [0.717, 1.165) is 0 Å². The first-order valence-electron chi connectivity index (χ1n) is 6.10. The smallest absolute Gasteiger partial charge is 0.391 e. The van der Waals surface area contributed by atoms with Crippen molar-refractivity contribution in [3.05, 3.63) is 0 Å². The second-order valence-electron chi connectivity index (χ2n) is 4.85. The van der Waals surface area contributed by atoms with E-state index in [9.17, 15) is 18.0 Å². The maximum absolute atomic E-state index is 12.5. The molecule has 0 aromatic heterocycles. The molecule has 110 valence electrons. The molecule has 8 heteroatoms. The van der Waals surface area contributed by atoms with Crippen molar-refractivity contribution in [2.24, 2.45) is 22.7 Å². The van der Waals surface area contributed by atoms with Gasteiger partial charge < -0.3 is 16.3 Å². The van der Waals surface area contributed by atoms with E-state index in [1.54, 1.807) is 0 Å². The summed E-state index contributed by atoms with van der Waals surface area (Å²) >= 11 is 0. The van der Waals surface area contributed by atoms with Gasteiger partial charge in [-0.2, -0.15) is 13.2 Å². The molecule has 1 atom stereocenters. The van der Waals surface area contributed by atoms with Gasteiger partial charge in [-0.15, -0.1) is 0 Å². The van der Waals surface area contributed by atoms with Gasteiger partial charge in [0.25, 0.3) is 0 Å². The van der Waals surface area contributed by atoms with Gasteiger partial charge in [-0.05, 0) is 32.6 Å². The summed E-state index contributed by atoms with van der Waals surface area (Å²) in [6.45, 7) is 1.54. The van der Waals surface area contributed by atoms with Crippen LogP contribution in [0.3, 0.4) is 0 Å². The molecule has 1 aliphatic carbocycles. The van der Waals surface area contributed by atoms with Crippen LogP contribution in [0, 0.1) is 11.8 Å². The van der Waals surface area contributed by atoms with Crippen molar-refractivity contribution in [1.82, 2.24) is 5.32 Å². The van der Waals surface area contributed by atoms with E-state index in [1.165, 1.54) is 6.92 Å². The Morgan fingerprint density at radius 2 is 1.89 bits per heavy atom. The standard InChI is InChI=1S/C11H18F3N3O2/c1-6(9(15)17-19)16-10(18)7-2-4-8(5-3-7)11(12,13)14/h6-8,19H,2-5H2,1H3,(H2,15,17)(H,16,18). The number of halogens is 3. The van der Waals surface area contributed by atoms with Crippen LogP contribution in [0.2, 0.25) is 0 Å². The van der Waals surface area contributed by atoms with Crippen molar-refractivity contribution in [3.8, 4) is 0 Å². The summed E-state index contributed by atoms with van der Waals surface area (Å²) in [4.78, 5) is 11.8. The normalized spacial score (nSPS) is 26.8. The first kappa shape index (κ1) is 15.6. The summed E-state index contributed by atoms with van der Waals surface area (Å²) in [5.41, 5.74) is 5.31. The number of hydrogen-bond donors (Lipinski definition) is 3. The number of hydrogen-bond acceptors (Lipinski definition) is 3. The minimum Gasteiger partial charge on any atom is -0.409 e. The van der Waals surface area contributed by atoms with Crippen molar-refractivity contribution < 1.29 is 23.2 Å². The first-order chi connectivity index (χ1) is 8.75.